The Kier molecular flexibility index (Phi) is 8.83. The molecular formula is C29H30F3N3O5S. The van der Waals surface area contributed by atoms with Crippen molar-refractivity contribution in [3.05, 3.63) is 89.1 Å². The second-order valence-electron chi connectivity index (χ2n) is 9.92. The lowest BCUT2D eigenvalue weighted by molar-refractivity contribution is -0.137. The smallest absolute Gasteiger partial charge is 0.394 e. The Hall–Kier alpha value is -3.77. The van der Waals surface area contributed by atoms with Crippen LogP contribution in [-0.2, 0) is 20.8 Å². The van der Waals surface area contributed by atoms with Gasteiger partial charge in [-0.1, -0.05) is 31.2 Å². The average molecular weight is 590 g/mol. The van der Waals surface area contributed by atoms with Gasteiger partial charge in [0.05, 0.1) is 40.5 Å². The van der Waals surface area contributed by atoms with Gasteiger partial charge in [0.15, 0.2) is 15.6 Å². The molecule has 1 aliphatic heterocycles. The summed E-state index contributed by atoms with van der Waals surface area (Å²) < 4.78 is 63.0. The number of Topliss-reactive ketones (excluding diaryl/α,β-unsaturated/α-hetero) is 1. The van der Waals surface area contributed by atoms with Crippen molar-refractivity contribution in [1.29, 1.82) is 0 Å². The highest BCUT2D eigenvalue weighted by atomic mass is 32.2. The minimum absolute atomic E-state index is 0.0458. The number of carbonyl (C=O) groups is 2. The van der Waals surface area contributed by atoms with Gasteiger partial charge in [0, 0.05) is 18.7 Å². The largest absolute Gasteiger partial charge is 0.416 e. The molecule has 0 saturated carbocycles. The number of alkyl halides is 3. The number of nitrogens with zero attached hydrogens (tertiary/aromatic N) is 2. The number of carbonyl (C=O) groups excluding carboxylic acids is 2. The molecule has 1 aromatic heterocycles. The summed E-state index contributed by atoms with van der Waals surface area (Å²) in [6, 6.07) is 12.7. The molecule has 2 N–H and O–H groups in total. The molecule has 0 bridgehead atoms. The quantitative estimate of drug-likeness (QED) is 0.382. The summed E-state index contributed by atoms with van der Waals surface area (Å²) in [5.41, 5.74) is 0.684. The number of aliphatic hydroxyl groups excluding tert-OH is 1. The van der Waals surface area contributed by atoms with E-state index in [1.54, 1.807) is 17.9 Å². The van der Waals surface area contributed by atoms with E-state index in [1.165, 1.54) is 55.6 Å². The van der Waals surface area contributed by atoms with Gasteiger partial charge >= 0.3 is 6.18 Å². The summed E-state index contributed by atoms with van der Waals surface area (Å²) in [5.74, 6) is -0.398. The molecule has 4 rings (SSSR count). The van der Waals surface area contributed by atoms with Crippen molar-refractivity contribution in [2.45, 2.75) is 49.3 Å². The van der Waals surface area contributed by atoms with Crippen LogP contribution in [0.5, 0.6) is 0 Å². The summed E-state index contributed by atoms with van der Waals surface area (Å²) in [6.07, 6.45) is -2.67. The predicted molar refractivity (Wildman–Crippen MR) is 146 cm³/mol. The number of rotatable bonds is 9. The highest BCUT2D eigenvalue weighted by molar-refractivity contribution is 7.91. The van der Waals surface area contributed by atoms with Gasteiger partial charge in [0.25, 0.3) is 5.91 Å². The topological polar surface area (TPSA) is 117 Å². The third kappa shape index (κ3) is 6.76. The zero-order chi connectivity index (χ0) is 29.9. The number of aromatic nitrogens is 1. The van der Waals surface area contributed by atoms with Crippen molar-refractivity contribution in [3.8, 4) is 0 Å². The first-order valence-electron chi connectivity index (χ1n) is 13.0. The van der Waals surface area contributed by atoms with Crippen LogP contribution in [0.15, 0.2) is 71.8 Å². The number of anilines is 1. The van der Waals surface area contributed by atoms with Gasteiger partial charge in [0.1, 0.15) is 5.82 Å². The number of aliphatic hydroxyl groups is 1. The highest BCUT2D eigenvalue weighted by Crippen LogP contribution is 2.36. The fraction of sp³-hybridized carbons (Fsp3) is 0.345. The molecule has 1 unspecified atom stereocenters. The molecule has 3 aromatic rings. The number of nitrogens with one attached hydrogen (secondary N) is 1. The van der Waals surface area contributed by atoms with Crippen LogP contribution in [0.2, 0.25) is 0 Å². The molecular weight excluding hydrogens is 559 g/mol. The standard InChI is InChI=1S/C29H30F3N3O5S/c1-3-41(39,40)24-11-6-20(7-12-24)25(17-36)34-28(38)21-8-13-27(33-15-21)35-16-22(14-26(35)18(2)37)19-4-9-23(10-5-19)29(30,31)32/h4-13,15,22,25-26,36H,3,14,16-17H2,1-2H3,(H,34,38)/t22?,25-,26-/m0/s1. The third-order valence-electron chi connectivity index (χ3n) is 7.29. The number of ketones is 1. The van der Waals surface area contributed by atoms with Crippen molar-refractivity contribution >= 4 is 27.3 Å². The molecule has 2 heterocycles. The van der Waals surface area contributed by atoms with Gasteiger partial charge in [-0.2, -0.15) is 13.2 Å². The first-order valence-corrected chi connectivity index (χ1v) is 14.6. The van der Waals surface area contributed by atoms with E-state index in [1.807, 2.05) is 0 Å². The Labute approximate surface area is 236 Å². The average Bonchev–Trinajstić information content (AvgIpc) is 3.42. The fourth-order valence-electron chi connectivity index (χ4n) is 4.90. The van der Waals surface area contributed by atoms with Gasteiger partial charge < -0.3 is 15.3 Å². The molecule has 1 aliphatic rings. The molecule has 12 heteroatoms. The molecule has 1 fully saturated rings. The van der Waals surface area contributed by atoms with Crippen molar-refractivity contribution in [1.82, 2.24) is 10.3 Å². The van der Waals surface area contributed by atoms with Gasteiger partial charge in [0.2, 0.25) is 0 Å². The molecule has 8 nitrogen and oxygen atoms in total. The lowest BCUT2D eigenvalue weighted by Crippen LogP contribution is -2.35. The Morgan fingerprint density at radius 1 is 1.07 bits per heavy atom. The SMILES string of the molecule is CCS(=O)(=O)c1ccc([C@H](CO)NC(=O)c2ccc(N3CC(c4ccc(C(F)(F)F)cc4)C[C@H]3C(C)=O)nc2)cc1. The number of sulfone groups is 1. The number of hydrogen-bond donors (Lipinski definition) is 2. The maximum Gasteiger partial charge on any atom is 0.416 e. The predicted octanol–water partition coefficient (Wildman–Crippen LogP) is 4.31. The maximum atomic E-state index is 13.0. The van der Waals surface area contributed by atoms with E-state index in [-0.39, 0.29) is 27.9 Å². The van der Waals surface area contributed by atoms with E-state index in [9.17, 15) is 36.3 Å². The summed E-state index contributed by atoms with van der Waals surface area (Å²) >= 11 is 0. The molecule has 41 heavy (non-hydrogen) atoms. The van der Waals surface area contributed by atoms with Gasteiger partial charge in [-0.25, -0.2) is 13.4 Å². The number of halogens is 3. The van der Waals surface area contributed by atoms with E-state index < -0.39 is 46.2 Å². The van der Waals surface area contributed by atoms with Crippen LogP contribution in [0.25, 0.3) is 0 Å². The van der Waals surface area contributed by atoms with Crippen molar-refractivity contribution in [3.63, 3.8) is 0 Å². The van der Waals surface area contributed by atoms with Crippen LogP contribution < -0.4 is 10.2 Å². The lowest BCUT2D eigenvalue weighted by atomic mass is 9.94. The maximum absolute atomic E-state index is 13.0. The Morgan fingerprint density at radius 2 is 1.73 bits per heavy atom. The van der Waals surface area contributed by atoms with Crippen LogP contribution in [0.4, 0.5) is 19.0 Å². The Balaban J connectivity index is 1.46. The second kappa shape index (κ2) is 12.0. The van der Waals surface area contributed by atoms with Crippen LogP contribution >= 0.6 is 0 Å². The van der Waals surface area contributed by atoms with E-state index in [4.69, 9.17) is 0 Å². The normalized spacial score (nSPS) is 18.2. The molecule has 1 amide bonds. The molecule has 3 atom stereocenters. The third-order valence-corrected chi connectivity index (χ3v) is 9.04. The lowest BCUT2D eigenvalue weighted by Gasteiger charge is -2.24. The number of pyridine rings is 1. The van der Waals surface area contributed by atoms with Crippen molar-refractivity contribution in [2.75, 3.05) is 23.8 Å². The van der Waals surface area contributed by atoms with Gasteiger partial charge in [-0.3, -0.25) is 9.59 Å². The first kappa shape index (κ1) is 30.2. The minimum Gasteiger partial charge on any atom is -0.394 e. The number of benzene rings is 2. The van der Waals surface area contributed by atoms with Crippen molar-refractivity contribution < 1.29 is 36.3 Å². The first-order chi connectivity index (χ1) is 19.3. The van der Waals surface area contributed by atoms with E-state index >= 15 is 0 Å². The Morgan fingerprint density at radius 3 is 2.24 bits per heavy atom. The zero-order valence-electron chi connectivity index (χ0n) is 22.4. The molecule has 0 radical (unpaired) electrons. The van der Waals surface area contributed by atoms with Gasteiger partial charge in [-0.05, 0) is 60.9 Å². The van der Waals surface area contributed by atoms with E-state index in [2.05, 4.69) is 10.3 Å². The van der Waals surface area contributed by atoms with Crippen LogP contribution in [-0.4, -0.2) is 55.1 Å². The summed E-state index contributed by atoms with van der Waals surface area (Å²) in [7, 11) is -3.38. The van der Waals surface area contributed by atoms with Crippen molar-refractivity contribution in [2.24, 2.45) is 0 Å². The summed E-state index contributed by atoms with van der Waals surface area (Å²) in [5, 5.41) is 12.6. The second-order valence-corrected chi connectivity index (χ2v) is 12.2. The fourth-order valence-corrected chi connectivity index (χ4v) is 5.78. The number of hydrogen-bond acceptors (Lipinski definition) is 7. The Bertz CT molecular complexity index is 1490. The van der Waals surface area contributed by atoms with Crippen LogP contribution in [0, 0.1) is 0 Å². The highest BCUT2D eigenvalue weighted by Gasteiger charge is 2.37. The molecule has 218 valence electrons. The molecule has 2 aromatic carbocycles. The van der Waals surface area contributed by atoms with E-state index in [0.29, 0.717) is 29.9 Å². The number of amides is 1. The molecule has 1 saturated heterocycles. The summed E-state index contributed by atoms with van der Waals surface area (Å²) in [4.78, 5) is 31.6. The zero-order valence-corrected chi connectivity index (χ0v) is 23.2. The van der Waals surface area contributed by atoms with Gasteiger partial charge in [-0.15, -0.1) is 0 Å². The van der Waals surface area contributed by atoms with E-state index in [0.717, 1.165) is 12.1 Å². The minimum atomic E-state index is -4.43. The monoisotopic (exact) mass is 589 g/mol. The molecule has 0 spiro atoms. The summed E-state index contributed by atoms with van der Waals surface area (Å²) in [6.45, 7) is 2.94. The molecule has 0 aliphatic carbocycles. The van der Waals surface area contributed by atoms with Crippen LogP contribution in [0.1, 0.15) is 59.3 Å². The van der Waals surface area contributed by atoms with Crippen LogP contribution in [0.3, 0.4) is 0 Å².